The summed E-state index contributed by atoms with van der Waals surface area (Å²) < 4.78 is 16.5. The molecule has 0 saturated carbocycles. The molecule has 0 spiro atoms. The second-order valence-electron chi connectivity index (χ2n) is 3.53. The number of nitrogens with two attached hydrogens (primary N) is 1. The van der Waals surface area contributed by atoms with Crippen molar-refractivity contribution in [2.45, 2.75) is 0 Å². The van der Waals surface area contributed by atoms with Gasteiger partial charge in [-0.3, -0.25) is 0 Å². The van der Waals surface area contributed by atoms with E-state index >= 15 is 0 Å². The van der Waals surface area contributed by atoms with E-state index in [2.05, 4.69) is 25.9 Å². The van der Waals surface area contributed by atoms with Crippen LogP contribution in [-0.4, -0.2) is 24.2 Å². The number of hydrogen-bond donors (Lipinski definition) is 1. The molecule has 100 valence electrons. The van der Waals surface area contributed by atoms with Crippen molar-refractivity contribution < 1.29 is 14.2 Å². The summed E-state index contributed by atoms with van der Waals surface area (Å²) in [5, 5.41) is 0. The Hall–Kier alpha value is -2.02. The quantitative estimate of drug-likeness (QED) is 0.930. The van der Waals surface area contributed by atoms with Gasteiger partial charge in [0.2, 0.25) is 5.88 Å². The van der Waals surface area contributed by atoms with E-state index < -0.39 is 0 Å². The summed E-state index contributed by atoms with van der Waals surface area (Å²) in [5.41, 5.74) is 5.66. The molecule has 1 heterocycles. The molecule has 0 fully saturated rings. The molecular formula is C12H12BrN3O3. The van der Waals surface area contributed by atoms with Gasteiger partial charge in [-0.25, -0.2) is 9.97 Å². The summed E-state index contributed by atoms with van der Waals surface area (Å²) in [6, 6.07) is 5.18. The molecule has 0 aliphatic heterocycles. The SMILES string of the molecule is COc1cc(OC)cc(Oc2ncnc(N)c2Br)c1. The lowest BCUT2D eigenvalue weighted by Crippen LogP contribution is -1.97. The predicted molar refractivity (Wildman–Crippen MR) is 73.8 cm³/mol. The summed E-state index contributed by atoms with van der Waals surface area (Å²) in [6.45, 7) is 0. The van der Waals surface area contributed by atoms with Gasteiger partial charge in [0.15, 0.2) is 0 Å². The van der Waals surface area contributed by atoms with E-state index in [9.17, 15) is 0 Å². The van der Waals surface area contributed by atoms with Crippen LogP contribution in [0.2, 0.25) is 0 Å². The molecule has 0 saturated heterocycles. The van der Waals surface area contributed by atoms with Gasteiger partial charge >= 0.3 is 0 Å². The van der Waals surface area contributed by atoms with Crippen LogP contribution in [0.15, 0.2) is 29.0 Å². The fraction of sp³-hybridized carbons (Fsp3) is 0.167. The second kappa shape index (κ2) is 5.75. The molecule has 0 unspecified atom stereocenters. The van der Waals surface area contributed by atoms with Gasteiger partial charge < -0.3 is 19.9 Å². The number of methoxy groups -OCH3 is 2. The van der Waals surface area contributed by atoms with Crippen molar-refractivity contribution in [3.63, 3.8) is 0 Å². The summed E-state index contributed by atoms with van der Waals surface area (Å²) in [6.07, 6.45) is 1.33. The second-order valence-corrected chi connectivity index (χ2v) is 4.32. The van der Waals surface area contributed by atoms with Gasteiger partial charge in [-0.1, -0.05) is 0 Å². The van der Waals surface area contributed by atoms with E-state index in [1.165, 1.54) is 6.33 Å². The normalized spacial score (nSPS) is 10.1. The number of benzene rings is 1. The molecule has 19 heavy (non-hydrogen) atoms. The molecule has 0 radical (unpaired) electrons. The Kier molecular flexibility index (Phi) is 4.06. The average Bonchev–Trinajstić information content (AvgIpc) is 2.43. The Balaban J connectivity index is 2.34. The molecule has 2 N–H and O–H groups in total. The minimum absolute atomic E-state index is 0.305. The van der Waals surface area contributed by atoms with Crippen molar-refractivity contribution in [1.29, 1.82) is 0 Å². The molecule has 1 aromatic carbocycles. The van der Waals surface area contributed by atoms with E-state index in [0.29, 0.717) is 33.4 Å². The number of aromatic nitrogens is 2. The van der Waals surface area contributed by atoms with Crippen molar-refractivity contribution in [2.24, 2.45) is 0 Å². The lowest BCUT2D eigenvalue weighted by atomic mass is 10.3. The van der Waals surface area contributed by atoms with Gasteiger partial charge in [0.05, 0.1) is 14.2 Å². The van der Waals surface area contributed by atoms with Gasteiger partial charge in [-0.05, 0) is 15.9 Å². The van der Waals surface area contributed by atoms with Gasteiger partial charge in [-0.15, -0.1) is 0 Å². The summed E-state index contributed by atoms with van der Waals surface area (Å²) in [7, 11) is 3.13. The molecule has 6 nitrogen and oxygen atoms in total. The molecule has 2 rings (SSSR count). The highest BCUT2D eigenvalue weighted by Crippen LogP contribution is 2.34. The Morgan fingerprint density at radius 3 is 2.16 bits per heavy atom. The standard InChI is InChI=1S/C12H12BrN3O3/c1-17-7-3-8(18-2)5-9(4-7)19-12-10(13)11(14)15-6-16-12/h3-6H,1-2H3,(H2,14,15,16). The maximum atomic E-state index is 5.66. The molecule has 0 atom stereocenters. The van der Waals surface area contributed by atoms with Gasteiger partial charge in [-0.2, -0.15) is 0 Å². The monoisotopic (exact) mass is 325 g/mol. The number of ether oxygens (including phenoxy) is 3. The Morgan fingerprint density at radius 1 is 1.00 bits per heavy atom. The van der Waals surface area contributed by atoms with Gasteiger partial charge in [0.25, 0.3) is 0 Å². The first kappa shape index (κ1) is 13.4. The van der Waals surface area contributed by atoms with Crippen molar-refractivity contribution in [2.75, 3.05) is 20.0 Å². The highest BCUT2D eigenvalue weighted by atomic mass is 79.9. The molecule has 2 aromatic rings. The first-order chi connectivity index (χ1) is 9.13. The van der Waals surface area contributed by atoms with Gasteiger partial charge in [0.1, 0.15) is 33.9 Å². The largest absolute Gasteiger partial charge is 0.496 e. The van der Waals surface area contributed by atoms with Crippen molar-refractivity contribution >= 4 is 21.7 Å². The number of rotatable bonds is 4. The fourth-order valence-corrected chi connectivity index (χ4v) is 1.68. The predicted octanol–water partition coefficient (Wildman–Crippen LogP) is 2.63. The molecule has 0 aliphatic carbocycles. The van der Waals surface area contributed by atoms with E-state index in [1.807, 2.05) is 0 Å². The molecule has 1 aromatic heterocycles. The number of nitrogen functional groups attached to an aromatic ring is 1. The zero-order valence-electron chi connectivity index (χ0n) is 10.4. The Labute approximate surface area is 118 Å². The van der Waals surface area contributed by atoms with Crippen LogP contribution in [0.1, 0.15) is 0 Å². The smallest absolute Gasteiger partial charge is 0.238 e. The summed E-state index contributed by atoms with van der Waals surface area (Å²) in [5.74, 6) is 2.39. The van der Waals surface area contributed by atoms with Crippen LogP contribution in [0, 0.1) is 0 Å². The molecule has 7 heteroatoms. The maximum absolute atomic E-state index is 5.66. The highest BCUT2D eigenvalue weighted by Gasteiger charge is 2.10. The average molecular weight is 326 g/mol. The molecule has 0 aliphatic rings. The van der Waals surface area contributed by atoms with E-state index in [0.717, 1.165) is 0 Å². The topological polar surface area (TPSA) is 79.5 Å². The van der Waals surface area contributed by atoms with Crippen molar-refractivity contribution in [1.82, 2.24) is 9.97 Å². The highest BCUT2D eigenvalue weighted by molar-refractivity contribution is 9.10. The Bertz CT molecular complexity index is 570. The molecule has 0 amide bonds. The third-order valence-corrected chi connectivity index (χ3v) is 3.07. The van der Waals surface area contributed by atoms with Gasteiger partial charge in [0, 0.05) is 18.2 Å². The van der Waals surface area contributed by atoms with Crippen LogP contribution in [0.25, 0.3) is 0 Å². The number of nitrogens with zero attached hydrogens (tertiary/aromatic N) is 2. The van der Waals surface area contributed by atoms with Crippen LogP contribution in [0.3, 0.4) is 0 Å². The number of hydrogen-bond acceptors (Lipinski definition) is 6. The van der Waals surface area contributed by atoms with Crippen LogP contribution >= 0.6 is 15.9 Å². The first-order valence-corrected chi connectivity index (χ1v) is 6.10. The molecule has 0 bridgehead atoms. The van der Waals surface area contributed by atoms with Crippen LogP contribution in [0.4, 0.5) is 5.82 Å². The number of halogens is 1. The van der Waals surface area contributed by atoms with Crippen LogP contribution in [0.5, 0.6) is 23.1 Å². The maximum Gasteiger partial charge on any atom is 0.238 e. The third kappa shape index (κ3) is 3.05. The Morgan fingerprint density at radius 2 is 1.58 bits per heavy atom. The minimum atomic E-state index is 0.305. The molecular weight excluding hydrogens is 314 g/mol. The summed E-state index contributed by atoms with van der Waals surface area (Å²) in [4.78, 5) is 7.84. The lowest BCUT2D eigenvalue weighted by Gasteiger charge is -2.10. The summed E-state index contributed by atoms with van der Waals surface area (Å²) >= 11 is 3.27. The first-order valence-electron chi connectivity index (χ1n) is 5.31. The van der Waals surface area contributed by atoms with Crippen LogP contribution in [-0.2, 0) is 0 Å². The van der Waals surface area contributed by atoms with E-state index in [4.69, 9.17) is 19.9 Å². The zero-order valence-corrected chi connectivity index (χ0v) is 12.0. The van der Waals surface area contributed by atoms with Crippen LogP contribution < -0.4 is 19.9 Å². The zero-order chi connectivity index (χ0) is 13.8. The van der Waals surface area contributed by atoms with Crippen molar-refractivity contribution in [3.05, 3.63) is 29.0 Å². The minimum Gasteiger partial charge on any atom is -0.496 e. The van der Waals surface area contributed by atoms with E-state index in [1.54, 1.807) is 32.4 Å². The number of anilines is 1. The fourth-order valence-electron chi connectivity index (χ4n) is 1.39. The lowest BCUT2D eigenvalue weighted by molar-refractivity contribution is 0.384. The van der Waals surface area contributed by atoms with E-state index in [-0.39, 0.29) is 0 Å². The van der Waals surface area contributed by atoms with Crippen molar-refractivity contribution in [3.8, 4) is 23.1 Å². The third-order valence-electron chi connectivity index (χ3n) is 2.32.